The van der Waals surface area contributed by atoms with Gasteiger partial charge in [0.25, 0.3) is 0 Å². The molecule has 11 heavy (non-hydrogen) atoms. The molecule has 0 saturated carbocycles. The molecule has 0 bridgehead atoms. The van der Waals surface area contributed by atoms with Crippen LogP contribution in [0, 0.1) is 5.92 Å². The van der Waals surface area contributed by atoms with Crippen molar-refractivity contribution in [2.75, 3.05) is 0 Å². The van der Waals surface area contributed by atoms with Crippen LogP contribution >= 0.6 is 0 Å². The normalized spacial score (nSPS) is 15.7. The summed E-state index contributed by atoms with van der Waals surface area (Å²) >= 11 is 0. The average Bonchev–Trinajstić information content (AvgIpc) is 1.87. The van der Waals surface area contributed by atoms with Crippen LogP contribution < -0.4 is 0 Å². The lowest BCUT2D eigenvalue weighted by Gasteiger charge is -2.15. The molecule has 1 N–H and O–H groups in total. The largest absolute Gasteiger partial charge is 0.393 e. The van der Waals surface area contributed by atoms with Gasteiger partial charge in [-0.05, 0) is 33.1 Å². The van der Waals surface area contributed by atoms with Gasteiger partial charge in [0.05, 0.1) is 6.10 Å². The van der Waals surface area contributed by atoms with E-state index in [-0.39, 0.29) is 6.10 Å². The van der Waals surface area contributed by atoms with Crippen molar-refractivity contribution >= 4 is 0 Å². The highest BCUT2D eigenvalue weighted by molar-refractivity contribution is 4.94. The predicted molar refractivity (Wildman–Crippen MR) is 49.5 cm³/mol. The Bertz CT molecular complexity index is 121. The maximum absolute atomic E-state index is 9.30. The summed E-state index contributed by atoms with van der Waals surface area (Å²) < 4.78 is 0. The molecule has 0 spiro atoms. The van der Waals surface area contributed by atoms with E-state index in [1.54, 1.807) is 0 Å². The van der Waals surface area contributed by atoms with Crippen molar-refractivity contribution in [2.45, 2.75) is 46.6 Å². The summed E-state index contributed by atoms with van der Waals surface area (Å²) in [5.74, 6) is 0.435. The summed E-state index contributed by atoms with van der Waals surface area (Å²) in [5.41, 5.74) is 1.34. The second-order valence-electron chi connectivity index (χ2n) is 3.43. The van der Waals surface area contributed by atoms with Gasteiger partial charge in [0, 0.05) is 0 Å². The molecule has 1 heteroatoms. The van der Waals surface area contributed by atoms with E-state index in [0.29, 0.717) is 5.92 Å². The Hall–Kier alpha value is -0.300. The molecule has 0 aliphatic heterocycles. The lowest BCUT2D eigenvalue weighted by Crippen LogP contribution is -2.14. The molecule has 0 radical (unpaired) electrons. The third-order valence-corrected chi connectivity index (χ3v) is 2.04. The molecule has 0 aromatic heterocycles. The first kappa shape index (κ1) is 10.7. The van der Waals surface area contributed by atoms with Crippen LogP contribution in [0.2, 0.25) is 0 Å². The summed E-state index contributed by atoms with van der Waals surface area (Å²) in [4.78, 5) is 0. The van der Waals surface area contributed by atoms with Crippen LogP contribution in [-0.4, -0.2) is 11.2 Å². The summed E-state index contributed by atoms with van der Waals surface area (Å²) in [6, 6.07) is 0. The lowest BCUT2D eigenvalue weighted by molar-refractivity contribution is 0.124. The minimum atomic E-state index is -0.171. The SMILES string of the molecule is CCC(CC=C(C)C)C(C)O. The van der Waals surface area contributed by atoms with Gasteiger partial charge < -0.3 is 5.11 Å². The van der Waals surface area contributed by atoms with E-state index in [0.717, 1.165) is 12.8 Å². The quantitative estimate of drug-likeness (QED) is 0.620. The van der Waals surface area contributed by atoms with Gasteiger partial charge in [0.15, 0.2) is 0 Å². The second-order valence-corrected chi connectivity index (χ2v) is 3.43. The fourth-order valence-corrected chi connectivity index (χ4v) is 1.09. The lowest BCUT2D eigenvalue weighted by atomic mass is 9.96. The zero-order valence-electron chi connectivity index (χ0n) is 8.09. The molecule has 66 valence electrons. The molecule has 2 atom stereocenters. The van der Waals surface area contributed by atoms with E-state index in [1.807, 2.05) is 6.92 Å². The molecule has 1 nitrogen and oxygen atoms in total. The second kappa shape index (κ2) is 5.36. The first-order valence-electron chi connectivity index (χ1n) is 4.39. The highest BCUT2D eigenvalue weighted by Gasteiger charge is 2.09. The van der Waals surface area contributed by atoms with Crippen LogP contribution in [0.4, 0.5) is 0 Å². The van der Waals surface area contributed by atoms with Crippen molar-refractivity contribution in [1.82, 2.24) is 0 Å². The Morgan fingerprint density at radius 1 is 1.45 bits per heavy atom. The molecule has 0 heterocycles. The van der Waals surface area contributed by atoms with E-state index >= 15 is 0 Å². The summed E-state index contributed by atoms with van der Waals surface area (Å²) in [5, 5.41) is 9.30. The fraction of sp³-hybridized carbons (Fsp3) is 0.800. The van der Waals surface area contributed by atoms with Gasteiger partial charge in [0.2, 0.25) is 0 Å². The molecule has 0 aliphatic carbocycles. The van der Waals surface area contributed by atoms with Crippen molar-refractivity contribution < 1.29 is 5.11 Å². The van der Waals surface area contributed by atoms with Crippen LogP contribution in [0.15, 0.2) is 11.6 Å². The van der Waals surface area contributed by atoms with Gasteiger partial charge in [0.1, 0.15) is 0 Å². The summed E-state index contributed by atoms with van der Waals surface area (Å²) in [6.45, 7) is 8.17. The molecule has 0 aromatic rings. The maximum atomic E-state index is 9.30. The van der Waals surface area contributed by atoms with Crippen LogP contribution in [0.1, 0.15) is 40.5 Å². The smallest absolute Gasteiger partial charge is 0.0543 e. The number of hydrogen-bond acceptors (Lipinski definition) is 1. The van der Waals surface area contributed by atoms with Gasteiger partial charge in [-0.1, -0.05) is 25.0 Å². The molecule has 0 fully saturated rings. The van der Waals surface area contributed by atoms with E-state index in [9.17, 15) is 5.11 Å². The van der Waals surface area contributed by atoms with Crippen molar-refractivity contribution in [2.24, 2.45) is 5.92 Å². The highest BCUT2D eigenvalue weighted by atomic mass is 16.3. The van der Waals surface area contributed by atoms with Crippen LogP contribution in [0.25, 0.3) is 0 Å². The Kier molecular flexibility index (Phi) is 5.22. The van der Waals surface area contributed by atoms with Gasteiger partial charge >= 0.3 is 0 Å². The zero-order valence-corrected chi connectivity index (χ0v) is 8.09. The van der Waals surface area contributed by atoms with E-state index < -0.39 is 0 Å². The molecule has 0 aromatic carbocycles. The van der Waals surface area contributed by atoms with Crippen molar-refractivity contribution in [1.29, 1.82) is 0 Å². The minimum Gasteiger partial charge on any atom is -0.393 e. The molecule has 2 unspecified atom stereocenters. The van der Waals surface area contributed by atoms with Crippen molar-refractivity contribution in [3.8, 4) is 0 Å². The molecular weight excluding hydrogens is 136 g/mol. The number of hydrogen-bond donors (Lipinski definition) is 1. The number of rotatable bonds is 4. The summed E-state index contributed by atoms with van der Waals surface area (Å²) in [7, 11) is 0. The Morgan fingerprint density at radius 2 is 2.00 bits per heavy atom. The first-order chi connectivity index (χ1) is 5.07. The first-order valence-corrected chi connectivity index (χ1v) is 4.39. The molecule has 0 rings (SSSR count). The van der Waals surface area contributed by atoms with Crippen LogP contribution in [-0.2, 0) is 0 Å². The standard InChI is InChI=1S/C10H20O/c1-5-10(9(4)11)7-6-8(2)3/h6,9-11H,5,7H2,1-4H3. The number of aliphatic hydroxyl groups is 1. The van der Waals surface area contributed by atoms with Gasteiger partial charge in [-0.3, -0.25) is 0 Å². The molecule has 0 aliphatic rings. The topological polar surface area (TPSA) is 20.2 Å². The minimum absolute atomic E-state index is 0.171. The molecule has 0 saturated heterocycles. The fourth-order valence-electron chi connectivity index (χ4n) is 1.09. The van der Waals surface area contributed by atoms with E-state index in [1.165, 1.54) is 5.57 Å². The van der Waals surface area contributed by atoms with E-state index in [2.05, 4.69) is 26.8 Å². The highest BCUT2D eigenvalue weighted by Crippen LogP contribution is 2.14. The van der Waals surface area contributed by atoms with Gasteiger partial charge in [-0.25, -0.2) is 0 Å². The Labute approximate surface area is 70.1 Å². The third-order valence-electron chi connectivity index (χ3n) is 2.04. The average molecular weight is 156 g/mol. The monoisotopic (exact) mass is 156 g/mol. The number of aliphatic hydroxyl groups excluding tert-OH is 1. The van der Waals surface area contributed by atoms with Crippen LogP contribution in [0.5, 0.6) is 0 Å². The third kappa shape index (κ3) is 5.02. The van der Waals surface area contributed by atoms with Crippen LogP contribution in [0.3, 0.4) is 0 Å². The molecular formula is C10H20O. The maximum Gasteiger partial charge on any atom is 0.0543 e. The Balaban J connectivity index is 3.79. The predicted octanol–water partition coefficient (Wildman–Crippen LogP) is 2.75. The van der Waals surface area contributed by atoms with E-state index in [4.69, 9.17) is 0 Å². The van der Waals surface area contributed by atoms with Crippen molar-refractivity contribution in [3.05, 3.63) is 11.6 Å². The summed E-state index contributed by atoms with van der Waals surface area (Å²) in [6.07, 6.45) is 4.09. The Morgan fingerprint density at radius 3 is 2.27 bits per heavy atom. The van der Waals surface area contributed by atoms with Crippen molar-refractivity contribution in [3.63, 3.8) is 0 Å². The van der Waals surface area contributed by atoms with Gasteiger partial charge in [-0.15, -0.1) is 0 Å². The zero-order chi connectivity index (χ0) is 8.85. The number of allylic oxidation sites excluding steroid dienone is 2. The molecule has 0 amide bonds. The van der Waals surface area contributed by atoms with Gasteiger partial charge in [-0.2, -0.15) is 0 Å².